The van der Waals surface area contributed by atoms with E-state index in [1.54, 1.807) is 6.07 Å². The van der Waals surface area contributed by atoms with Crippen molar-refractivity contribution >= 4 is 44.0 Å². The molecule has 0 spiro atoms. The van der Waals surface area contributed by atoms with Crippen molar-refractivity contribution in [2.45, 2.75) is 11.8 Å². The molecule has 0 amide bonds. The van der Waals surface area contributed by atoms with Gasteiger partial charge in [-0.2, -0.15) is 0 Å². The van der Waals surface area contributed by atoms with Crippen molar-refractivity contribution in [3.8, 4) is 0 Å². The van der Waals surface area contributed by atoms with Gasteiger partial charge in [0.05, 0.1) is 22.2 Å². The average molecular weight is 538 g/mol. The molecule has 2 aromatic heterocycles. The number of ketones is 1. The van der Waals surface area contributed by atoms with Crippen LogP contribution in [0.5, 0.6) is 0 Å². The van der Waals surface area contributed by atoms with Gasteiger partial charge in [-0.25, -0.2) is 31.6 Å². The average Bonchev–Trinajstić information content (AvgIpc) is 3.31. The van der Waals surface area contributed by atoms with Crippen LogP contribution in [0.15, 0.2) is 78.1 Å². The summed E-state index contributed by atoms with van der Waals surface area (Å²) < 4.78 is 71.6. The Balaban J connectivity index is 1.56. The van der Waals surface area contributed by atoms with Gasteiger partial charge in [-0.3, -0.25) is 9.52 Å². The van der Waals surface area contributed by atoms with Crippen LogP contribution < -0.4 is 10.0 Å². The number of aryl methyl sites for hydroxylation is 1. The molecule has 8 nitrogen and oxygen atoms in total. The number of aromatic nitrogens is 3. The molecule has 2 heterocycles. The third kappa shape index (κ3) is 4.57. The molecule has 0 unspecified atom stereocenters. The summed E-state index contributed by atoms with van der Waals surface area (Å²) in [6, 6.07) is 13.4. The van der Waals surface area contributed by atoms with E-state index in [-0.39, 0.29) is 22.4 Å². The second-order valence-electron chi connectivity index (χ2n) is 8.29. The minimum atomic E-state index is -4.59. The van der Waals surface area contributed by atoms with Gasteiger partial charge < -0.3 is 10.3 Å². The quantitative estimate of drug-likeness (QED) is 0.238. The van der Waals surface area contributed by atoms with Crippen molar-refractivity contribution in [3.05, 3.63) is 107 Å². The number of hydrogen-bond donors (Lipinski definition) is 3. The Hall–Kier alpha value is -4.71. The number of nitrogens with zero attached hydrogens (tertiary/aromatic N) is 2. The summed E-state index contributed by atoms with van der Waals surface area (Å²) in [6.07, 6.45) is 2.49. The molecule has 3 aromatic carbocycles. The molecular formula is C26H18F3N5O3S. The highest BCUT2D eigenvalue weighted by atomic mass is 32.2. The highest BCUT2D eigenvalue weighted by Gasteiger charge is 2.28. The molecule has 0 bridgehead atoms. The summed E-state index contributed by atoms with van der Waals surface area (Å²) in [5, 5.41) is 3.25. The van der Waals surface area contributed by atoms with Crippen LogP contribution in [0.2, 0.25) is 0 Å². The zero-order valence-electron chi connectivity index (χ0n) is 19.6. The van der Waals surface area contributed by atoms with E-state index in [4.69, 9.17) is 0 Å². The van der Waals surface area contributed by atoms with Gasteiger partial charge in [0.25, 0.3) is 10.0 Å². The molecule has 0 atom stereocenters. The van der Waals surface area contributed by atoms with Crippen molar-refractivity contribution in [1.82, 2.24) is 15.0 Å². The van der Waals surface area contributed by atoms with Crippen LogP contribution in [0.1, 0.15) is 21.5 Å². The number of halogens is 3. The molecule has 3 N–H and O–H groups in total. The van der Waals surface area contributed by atoms with Gasteiger partial charge in [0, 0.05) is 11.9 Å². The lowest BCUT2D eigenvalue weighted by Gasteiger charge is -2.13. The van der Waals surface area contributed by atoms with Gasteiger partial charge in [-0.05, 0) is 48.9 Å². The van der Waals surface area contributed by atoms with E-state index >= 15 is 4.39 Å². The van der Waals surface area contributed by atoms with Crippen molar-refractivity contribution in [3.63, 3.8) is 0 Å². The van der Waals surface area contributed by atoms with Gasteiger partial charge in [-0.15, -0.1) is 0 Å². The number of sulfonamides is 1. The second kappa shape index (κ2) is 9.63. The van der Waals surface area contributed by atoms with Crippen LogP contribution >= 0.6 is 0 Å². The fraction of sp³-hybridized carbons (Fsp3) is 0.0385. The Bertz CT molecular complexity index is 1820. The molecule has 0 fully saturated rings. The minimum absolute atomic E-state index is 0.150. The van der Waals surface area contributed by atoms with Crippen LogP contribution in [-0.2, 0) is 10.0 Å². The zero-order chi connectivity index (χ0) is 27.0. The molecule has 12 heteroatoms. The fourth-order valence-electron chi connectivity index (χ4n) is 3.93. The van der Waals surface area contributed by atoms with Gasteiger partial charge >= 0.3 is 0 Å². The standard InChI is InChI=1S/C26H18F3N5O3S/c1-14-5-4-6-15(11-14)33-26-21-16(12-30-25(21)31-13-32-26)24(35)22-18(28)9-10-19(23(22)29)34-38(36,37)20-8-3-2-7-17(20)27/h2-13,34H,1H3,(H2,30,31,32,33). The lowest BCUT2D eigenvalue weighted by Crippen LogP contribution is -2.17. The number of fused-ring (bicyclic) bond motifs is 1. The smallest absolute Gasteiger partial charge is 0.264 e. The van der Waals surface area contributed by atoms with Crippen molar-refractivity contribution in [1.29, 1.82) is 0 Å². The molecule has 0 saturated heterocycles. The van der Waals surface area contributed by atoms with Gasteiger partial charge in [-0.1, -0.05) is 24.3 Å². The lowest BCUT2D eigenvalue weighted by atomic mass is 10.0. The third-order valence-electron chi connectivity index (χ3n) is 5.68. The number of carbonyl (C=O) groups is 1. The molecule has 0 aliphatic carbocycles. The Morgan fingerprint density at radius 3 is 2.50 bits per heavy atom. The molecule has 5 aromatic rings. The third-order valence-corrected chi connectivity index (χ3v) is 7.08. The van der Waals surface area contributed by atoms with E-state index in [1.807, 2.05) is 29.8 Å². The molecule has 192 valence electrons. The maximum absolute atomic E-state index is 15.5. The Kier molecular flexibility index (Phi) is 6.33. The minimum Gasteiger partial charge on any atom is -0.345 e. The number of rotatable bonds is 7. The number of aromatic amines is 1. The predicted octanol–water partition coefficient (Wildman–Crippen LogP) is 5.46. The highest BCUT2D eigenvalue weighted by molar-refractivity contribution is 7.92. The molecule has 0 aliphatic heterocycles. The van der Waals surface area contributed by atoms with E-state index in [2.05, 4.69) is 20.3 Å². The number of carbonyl (C=O) groups excluding carboxylic acids is 1. The van der Waals surface area contributed by atoms with Crippen molar-refractivity contribution < 1.29 is 26.4 Å². The van der Waals surface area contributed by atoms with Crippen LogP contribution in [0.25, 0.3) is 11.0 Å². The summed E-state index contributed by atoms with van der Waals surface area (Å²) >= 11 is 0. The predicted molar refractivity (Wildman–Crippen MR) is 135 cm³/mol. The first kappa shape index (κ1) is 25.0. The topological polar surface area (TPSA) is 117 Å². The monoisotopic (exact) mass is 537 g/mol. The maximum Gasteiger partial charge on any atom is 0.264 e. The summed E-state index contributed by atoms with van der Waals surface area (Å²) in [6.45, 7) is 1.89. The SMILES string of the molecule is Cc1cccc(Nc2ncnc3[nH]cc(C(=O)c4c(F)ccc(NS(=O)(=O)c5ccccc5F)c4F)c23)c1. The summed E-state index contributed by atoms with van der Waals surface area (Å²) in [7, 11) is -4.59. The van der Waals surface area contributed by atoms with Gasteiger partial charge in [0.1, 0.15) is 34.3 Å². The molecule has 5 rings (SSSR count). The summed E-state index contributed by atoms with van der Waals surface area (Å²) in [5.41, 5.74) is -0.0356. The number of benzene rings is 3. The van der Waals surface area contributed by atoms with Crippen LogP contribution in [0.3, 0.4) is 0 Å². The van der Waals surface area contributed by atoms with Crippen LogP contribution in [-0.4, -0.2) is 29.2 Å². The van der Waals surface area contributed by atoms with Crippen LogP contribution in [0.4, 0.5) is 30.4 Å². The maximum atomic E-state index is 15.5. The molecule has 38 heavy (non-hydrogen) atoms. The Morgan fingerprint density at radius 1 is 0.947 bits per heavy atom. The van der Waals surface area contributed by atoms with Crippen molar-refractivity contribution in [2.75, 3.05) is 10.0 Å². The largest absolute Gasteiger partial charge is 0.345 e. The first-order chi connectivity index (χ1) is 18.2. The van der Waals surface area contributed by atoms with E-state index in [9.17, 15) is 22.0 Å². The van der Waals surface area contributed by atoms with E-state index < -0.39 is 49.4 Å². The first-order valence-electron chi connectivity index (χ1n) is 11.1. The van der Waals surface area contributed by atoms with Gasteiger partial charge in [0.2, 0.25) is 5.78 Å². The number of nitrogens with one attached hydrogen (secondary N) is 3. The number of H-pyrrole nitrogens is 1. The number of anilines is 3. The molecule has 0 radical (unpaired) electrons. The highest BCUT2D eigenvalue weighted by Crippen LogP contribution is 2.31. The number of hydrogen-bond acceptors (Lipinski definition) is 6. The Morgan fingerprint density at radius 2 is 1.74 bits per heavy atom. The van der Waals surface area contributed by atoms with Crippen molar-refractivity contribution in [2.24, 2.45) is 0 Å². The Labute approximate surface area is 214 Å². The van der Waals surface area contributed by atoms with Gasteiger partial charge in [0.15, 0.2) is 5.82 Å². The molecule has 0 saturated carbocycles. The first-order valence-corrected chi connectivity index (χ1v) is 12.6. The van der Waals surface area contributed by atoms with Crippen LogP contribution in [0, 0.1) is 24.4 Å². The lowest BCUT2D eigenvalue weighted by molar-refractivity contribution is 0.103. The molecular weight excluding hydrogens is 519 g/mol. The fourth-order valence-corrected chi connectivity index (χ4v) is 5.07. The second-order valence-corrected chi connectivity index (χ2v) is 9.94. The normalized spacial score (nSPS) is 11.5. The van der Waals surface area contributed by atoms with E-state index in [0.29, 0.717) is 5.69 Å². The van der Waals surface area contributed by atoms with E-state index in [1.165, 1.54) is 24.7 Å². The summed E-state index contributed by atoms with van der Waals surface area (Å²) in [5.74, 6) is -4.62. The van der Waals surface area contributed by atoms with E-state index in [0.717, 1.165) is 29.8 Å². The zero-order valence-corrected chi connectivity index (χ0v) is 20.4. The summed E-state index contributed by atoms with van der Waals surface area (Å²) in [4.78, 5) is 23.8. The molecule has 0 aliphatic rings.